The van der Waals surface area contributed by atoms with Gasteiger partial charge in [-0.3, -0.25) is 4.79 Å². The Morgan fingerprint density at radius 1 is 0.966 bits per heavy atom. The molecule has 1 N–H and O–H groups in total. The smallest absolute Gasteiger partial charge is 0.257 e. The molecule has 1 amide bonds. The monoisotopic (exact) mass is 393 g/mol. The van der Waals surface area contributed by atoms with Gasteiger partial charge in [0.05, 0.1) is 5.56 Å². The molecule has 0 radical (unpaired) electrons. The molecule has 0 spiro atoms. The van der Waals surface area contributed by atoms with Gasteiger partial charge in [-0.05, 0) is 61.8 Å². The lowest BCUT2D eigenvalue weighted by molar-refractivity contribution is 0.0682. The lowest BCUT2D eigenvalue weighted by Crippen LogP contribution is -2.39. The maximum atomic E-state index is 12.6. The third-order valence-corrected chi connectivity index (χ3v) is 6.12. The molecule has 2 aliphatic heterocycles. The minimum Gasteiger partial charge on any atom is -0.372 e. The van der Waals surface area contributed by atoms with Gasteiger partial charge in [0.25, 0.3) is 5.91 Å². The Balaban J connectivity index is 1.35. The van der Waals surface area contributed by atoms with Crippen molar-refractivity contribution < 1.29 is 4.79 Å². The van der Waals surface area contributed by atoms with Crippen LogP contribution in [-0.4, -0.2) is 47.0 Å². The lowest BCUT2D eigenvalue weighted by atomic mass is 9.99. The van der Waals surface area contributed by atoms with Crippen LogP contribution < -0.4 is 10.2 Å². The van der Waals surface area contributed by atoms with Gasteiger partial charge >= 0.3 is 0 Å². The van der Waals surface area contributed by atoms with Gasteiger partial charge in [0.1, 0.15) is 0 Å². The number of nitrogens with zero attached hydrogens (tertiary/aromatic N) is 4. The van der Waals surface area contributed by atoms with Gasteiger partial charge in [-0.1, -0.05) is 13.8 Å². The number of piperidine rings is 2. The third-order valence-electron chi connectivity index (χ3n) is 6.12. The molecular weight excluding hydrogens is 362 g/mol. The van der Waals surface area contributed by atoms with Crippen LogP contribution in [0.5, 0.6) is 0 Å². The van der Waals surface area contributed by atoms with Gasteiger partial charge in [0, 0.05) is 49.9 Å². The summed E-state index contributed by atoms with van der Waals surface area (Å²) in [5, 5.41) is 3.23. The molecule has 3 heterocycles. The number of carbonyl (C=O) groups is 1. The van der Waals surface area contributed by atoms with Crippen LogP contribution >= 0.6 is 0 Å². The van der Waals surface area contributed by atoms with Crippen molar-refractivity contribution in [1.82, 2.24) is 14.9 Å². The molecule has 1 aromatic heterocycles. The number of hydrogen-bond donors (Lipinski definition) is 1. The normalized spacial score (nSPS) is 20.6. The summed E-state index contributed by atoms with van der Waals surface area (Å²) in [4.78, 5) is 25.7. The molecule has 0 saturated carbocycles. The maximum Gasteiger partial charge on any atom is 0.257 e. The van der Waals surface area contributed by atoms with Crippen molar-refractivity contribution >= 4 is 23.2 Å². The average molecular weight is 394 g/mol. The molecule has 1 atom stereocenters. The fourth-order valence-electron chi connectivity index (χ4n) is 4.21. The van der Waals surface area contributed by atoms with Crippen molar-refractivity contribution in [3.05, 3.63) is 42.2 Å². The van der Waals surface area contributed by atoms with Crippen molar-refractivity contribution in [3.8, 4) is 0 Å². The molecule has 2 aromatic rings. The van der Waals surface area contributed by atoms with Crippen LogP contribution in [-0.2, 0) is 0 Å². The van der Waals surface area contributed by atoms with E-state index >= 15 is 0 Å². The first-order valence-electron chi connectivity index (χ1n) is 10.8. The zero-order chi connectivity index (χ0) is 20.2. The van der Waals surface area contributed by atoms with Crippen molar-refractivity contribution in [1.29, 1.82) is 0 Å². The number of benzene rings is 1. The van der Waals surface area contributed by atoms with Crippen molar-refractivity contribution in [2.24, 2.45) is 11.8 Å². The van der Waals surface area contributed by atoms with Crippen molar-refractivity contribution in [3.63, 3.8) is 0 Å². The van der Waals surface area contributed by atoms with Gasteiger partial charge in [-0.15, -0.1) is 0 Å². The van der Waals surface area contributed by atoms with Gasteiger partial charge in [0.2, 0.25) is 5.95 Å². The predicted molar refractivity (Wildman–Crippen MR) is 117 cm³/mol. The SMILES string of the molecule is CC1CCN(c2ccc(Nc3ncc(C(=O)N4CCCC(C)C4)cn3)cc2)CC1. The minimum absolute atomic E-state index is 0.0308. The summed E-state index contributed by atoms with van der Waals surface area (Å²) in [7, 11) is 0. The molecular formula is C23H31N5O. The number of rotatable bonds is 4. The Kier molecular flexibility index (Phi) is 5.97. The van der Waals surface area contributed by atoms with E-state index in [1.807, 2.05) is 4.90 Å². The average Bonchev–Trinajstić information content (AvgIpc) is 2.75. The Morgan fingerprint density at radius 3 is 2.31 bits per heavy atom. The summed E-state index contributed by atoms with van der Waals surface area (Å²) in [6.45, 7) is 8.42. The zero-order valence-electron chi connectivity index (χ0n) is 17.5. The predicted octanol–water partition coefficient (Wildman–Crippen LogP) is 4.33. The van der Waals surface area contributed by atoms with Crippen molar-refractivity contribution in [2.45, 2.75) is 39.5 Å². The van der Waals surface area contributed by atoms with Crippen LogP contribution in [0.25, 0.3) is 0 Å². The number of anilines is 3. The first kappa shape index (κ1) is 19.7. The molecule has 154 valence electrons. The highest BCUT2D eigenvalue weighted by Crippen LogP contribution is 2.25. The number of carbonyl (C=O) groups excluding carboxylic acids is 1. The summed E-state index contributed by atoms with van der Waals surface area (Å²) >= 11 is 0. The van der Waals surface area contributed by atoms with Gasteiger partial charge in [0.15, 0.2) is 0 Å². The minimum atomic E-state index is 0.0308. The number of nitrogens with one attached hydrogen (secondary N) is 1. The molecule has 4 rings (SSSR count). The molecule has 1 unspecified atom stereocenters. The van der Waals surface area contributed by atoms with E-state index < -0.39 is 0 Å². The molecule has 1 aromatic carbocycles. The summed E-state index contributed by atoms with van der Waals surface area (Å²) in [5.74, 6) is 1.93. The van der Waals surface area contributed by atoms with Crippen LogP contribution in [0.2, 0.25) is 0 Å². The van der Waals surface area contributed by atoms with E-state index in [-0.39, 0.29) is 5.91 Å². The molecule has 2 saturated heterocycles. The summed E-state index contributed by atoms with van der Waals surface area (Å²) < 4.78 is 0. The maximum absolute atomic E-state index is 12.6. The fourth-order valence-corrected chi connectivity index (χ4v) is 4.21. The fraction of sp³-hybridized carbons (Fsp3) is 0.522. The standard InChI is InChI=1S/C23H31N5O/c1-17-9-12-27(13-10-17)21-7-5-20(6-8-21)26-23-24-14-19(15-25-23)22(29)28-11-3-4-18(2)16-28/h5-8,14-15,17-18H,3-4,9-13,16H2,1-2H3,(H,24,25,26). The Hall–Kier alpha value is -2.63. The molecule has 6 nitrogen and oxygen atoms in total. The van der Waals surface area contributed by atoms with E-state index in [9.17, 15) is 4.79 Å². The second-order valence-electron chi connectivity index (χ2n) is 8.64. The largest absolute Gasteiger partial charge is 0.372 e. The zero-order valence-corrected chi connectivity index (χ0v) is 17.5. The van der Waals surface area contributed by atoms with Gasteiger partial charge in [-0.2, -0.15) is 0 Å². The van der Waals surface area contributed by atoms with Crippen LogP contribution in [0.3, 0.4) is 0 Å². The van der Waals surface area contributed by atoms with Gasteiger partial charge < -0.3 is 15.1 Å². The van der Waals surface area contributed by atoms with E-state index in [1.54, 1.807) is 12.4 Å². The van der Waals surface area contributed by atoms with E-state index in [0.29, 0.717) is 17.4 Å². The van der Waals surface area contributed by atoms with Crippen molar-refractivity contribution in [2.75, 3.05) is 36.4 Å². The number of likely N-dealkylation sites (tertiary alicyclic amines) is 1. The summed E-state index contributed by atoms with van der Waals surface area (Å²) in [6.07, 6.45) is 8.03. The van der Waals surface area contributed by atoms with Gasteiger partial charge in [-0.25, -0.2) is 9.97 Å². The van der Waals surface area contributed by atoms with Crippen LogP contribution in [0, 0.1) is 11.8 Å². The highest BCUT2D eigenvalue weighted by atomic mass is 16.2. The van der Waals surface area contributed by atoms with Crippen LogP contribution in [0.1, 0.15) is 49.9 Å². The number of hydrogen-bond acceptors (Lipinski definition) is 5. The second kappa shape index (κ2) is 8.80. The first-order chi connectivity index (χ1) is 14.1. The molecule has 2 fully saturated rings. The van der Waals surface area contributed by atoms with E-state index in [0.717, 1.165) is 44.2 Å². The molecule has 2 aliphatic rings. The third kappa shape index (κ3) is 4.86. The molecule has 6 heteroatoms. The van der Waals surface area contributed by atoms with E-state index in [1.165, 1.54) is 24.9 Å². The van der Waals surface area contributed by atoms with E-state index in [4.69, 9.17) is 0 Å². The Morgan fingerprint density at radius 2 is 1.66 bits per heavy atom. The van der Waals surface area contributed by atoms with Crippen LogP contribution in [0.15, 0.2) is 36.7 Å². The summed E-state index contributed by atoms with van der Waals surface area (Å²) in [6, 6.07) is 8.41. The quantitative estimate of drug-likeness (QED) is 0.838. The number of aromatic nitrogens is 2. The second-order valence-corrected chi connectivity index (χ2v) is 8.64. The highest BCUT2D eigenvalue weighted by Gasteiger charge is 2.22. The molecule has 0 bridgehead atoms. The lowest BCUT2D eigenvalue weighted by Gasteiger charge is -2.32. The van der Waals surface area contributed by atoms with Crippen LogP contribution in [0.4, 0.5) is 17.3 Å². The molecule has 29 heavy (non-hydrogen) atoms. The Labute approximate surface area is 173 Å². The summed E-state index contributed by atoms with van der Waals surface area (Å²) in [5.41, 5.74) is 2.77. The van der Waals surface area contributed by atoms with E-state index in [2.05, 4.69) is 58.3 Å². The topological polar surface area (TPSA) is 61.4 Å². The molecule has 0 aliphatic carbocycles. The highest BCUT2D eigenvalue weighted by molar-refractivity contribution is 5.93. The first-order valence-corrected chi connectivity index (χ1v) is 10.8. The number of amides is 1. The Bertz CT molecular complexity index is 812.